The summed E-state index contributed by atoms with van der Waals surface area (Å²) >= 11 is 0. The molecule has 2 aliphatic rings. The minimum atomic E-state index is -0.443. The normalized spacial score (nSPS) is 20.4. The van der Waals surface area contributed by atoms with Crippen LogP contribution in [0.3, 0.4) is 0 Å². The number of amides is 2. The van der Waals surface area contributed by atoms with Gasteiger partial charge in [0.2, 0.25) is 0 Å². The maximum absolute atomic E-state index is 12.7. The molecule has 1 fully saturated rings. The largest absolute Gasteiger partial charge is 0.494 e. The van der Waals surface area contributed by atoms with E-state index in [-0.39, 0.29) is 18.4 Å². The van der Waals surface area contributed by atoms with E-state index in [1.807, 2.05) is 52.8 Å². The Labute approximate surface area is 188 Å². The molecule has 0 bridgehead atoms. The molecule has 1 aromatic carbocycles. The van der Waals surface area contributed by atoms with Crippen LogP contribution >= 0.6 is 0 Å². The van der Waals surface area contributed by atoms with E-state index < -0.39 is 18.3 Å². The third-order valence-corrected chi connectivity index (χ3v) is 6.51. The van der Waals surface area contributed by atoms with Gasteiger partial charge in [-0.15, -0.1) is 0 Å². The Hall–Kier alpha value is -2.97. The van der Waals surface area contributed by atoms with Crippen LogP contribution in [-0.2, 0) is 25.4 Å². The molecule has 2 aromatic rings. The number of benzene rings is 1. The molecule has 0 radical (unpaired) electrons. The summed E-state index contributed by atoms with van der Waals surface area (Å²) in [5.74, 6) is -0.625. The average Bonchev–Trinajstić information content (AvgIpc) is 3.31. The summed E-state index contributed by atoms with van der Waals surface area (Å²) in [5.41, 5.74) is 1.74. The van der Waals surface area contributed by atoms with Gasteiger partial charge in [-0.2, -0.15) is 5.10 Å². The highest BCUT2D eigenvalue weighted by atomic mass is 16.7. The van der Waals surface area contributed by atoms with Crippen molar-refractivity contribution in [1.29, 1.82) is 0 Å². The number of carbonyl (C=O) groups excluding carboxylic acids is 2. The zero-order valence-corrected chi connectivity index (χ0v) is 19.2. The van der Waals surface area contributed by atoms with Gasteiger partial charge in [-0.3, -0.25) is 19.2 Å². The lowest BCUT2D eigenvalue weighted by atomic mass is 9.79. The standard InChI is InChI=1S/C24H28BN3O4/c1-7-9-19-18(8-2)21(29)27(22(19)30)12-13-28-20-11-10-17(14-16(20)15-26-28)25-31-23(3,4)24(5,6)32-25/h7-11,14-15H,2,12-13H2,1,3-6H3/b9-7-. The zero-order valence-electron chi connectivity index (χ0n) is 19.2. The van der Waals surface area contributed by atoms with Gasteiger partial charge in [-0.1, -0.05) is 36.9 Å². The van der Waals surface area contributed by atoms with E-state index in [4.69, 9.17) is 9.31 Å². The zero-order chi connectivity index (χ0) is 23.3. The van der Waals surface area contributed by atoms with Crippen LogP contribution in [0.2, 0.25) is 0 Å². The molecule has 0 spiro atoms. The van der Waals surface area contributed by atoms with Crippen molar-refractivity contribution >= 4 is 35.3 Å². The van der Waals surface area contributed by atoms with E-state index in [2.05, 4.69) is 11.7 Å². The summed E-state index contributed by atoms with van der Waals surface area (Å²) in [6.07, 6.45) is 6.61. The molecule has 2 aliphatic heterocycles. The molecular weight excluding hydrogens is 405 g/mol. The van der Waals surface area contributed by atoms with Gasteiger partial charge >= 0.3 is 7.12 Å². The van der Waals surface area contributed by atoms with Gasteiger partial charge in [0.15, 0.2) is 0 Å². The minimum Gasteiger partial charge on any atom is -0.399 e. The molecule has 0 atom stereocenters. The number of hydrogen-bond donors (Lipinski definition) is 0. The van der Waals surface area contributed by atoms with Crippen molar-refractivity contribution in [3.63, 3.8) is 0 Å². The third kappa shape index (κ3) is 3.53. The Balaban J connectivity index is 1.51. The molecule has 0 saturated carbocycles. The third-order valence-electron chi connectivity index (χ3n) is 6.51. The number of fused-ring (bicyclic) bond motifs is 1. The lowest BCUT2D eigenvalue weighted by molar-refractivity contribution is -0.137. The van der Waals surface area contributed by atoms with Gasteiger partial charge in [-0.05, 0) is 46.1 Å². The Morgan fingerprint density at radius 1 is 1.06 bits per heavy atom. The van der Waals surface area contributed by atoms with Gasteiger partial charge in [0.1, 0.15) is 0 Å². The molecule has 2 amide bonds. The first-order valence-electron chi connectivity index (χ1n) is 10.8. The molecule has 1 aromatic heterocycles. The molecule has 0 aliphatic carbocycles. The van der Waals surface area contributed by atoms with E-state index in [1.54, 1.807) is 23.0 Å². The van der Waals surface area contributed by atoms with Gasteiger partial charge in [0.25, 0.3) is 11.8 Å². The van der Waals surface area contributed by atoms with Crippen molar-refractivity contribution in [3.05, 3.63) is 60.3 Å². The van der Waals surface area contributed by atoms with Gasteiger partial charge in [0.05, 0.1) is 40.6 Å². The first-order valence-corrected chi connectivity index (χ1v) is 10.8. The van der Waals surface area contributed by atoms with Crippen LogP contribution in [-0.4, -0.2) is 51.4 Å². The quantitative estimate of drug-likeness (QED) is 0.518. The number of nitrogens with zero attached hydrogens (tertiary/aromatic N) is 3. The Kier molecular flexibility index (Phi) is 5.47. The molecule has 166 valence electrons. The van der Waals surface area contributed by atoms with Crippen LogP contribution in [0, 0.1) is 0 Å². The van der Waals surface area contributed by atoms with Crippen LogP contribution in [0.4, 0.5) is 0 Å². The lowest BCUT2D eigenvalue weighted by Gasteiger charge is -2.32. The minimum absolute atomic E-state index is 0.228. The second kappa shape index (κ2) is 7.87. The molecular formula is C24H28BN3O4. The summed E-state index contributed by atoms with van der Waals surface area (Å²) in [6, 6.07) is 5.94. The fourth-order valence-corrected chi connectivity index (χ4v) is 3.95. The van der Waals surface area contributed by atoms with Crippen molar-refractivity contribution < 1.29 is 18.9 Å². The summed E-state index contributed by atoms with van der Waals surface area (Å²) in [5, 5.41) is 5.40. The van der Waals surface area contributed by atoms with Crippen LogP contribution in [0.25, 0.3) is 10.9 Å². The molecule has 0 unspecified atom stereocenters. The van der Waals surface area contributed by atoms with Crippen LogP contribution < -0.4 is 5.46 Å². The predicted octanol–water partition coefficient (Wildman–Crippen LogP) is 2.76. The highest BCUT2D eigenvalue weighted by Crippen LogP contribution is 2.36. The van der Waals surface area contributed by atoms with Gasteiger partial charge < -0.3 is 9.31 Å². The highest BCUT2D eigenvalue weighted by Gasteiger charge is 2.51. The monoisotopic (exact) mass is 433 g/mol. The highest BCUT2D eigenvalue weighted by molar-refractivity contribution is 6.62. The maximum Gasteiger partial charge on any atom is 0.494 e. The SMILES string of the molecule is C=CC1=C(/C=C\C)C(=O)N(CCn2ncc3cc(B4OC(C)(C)C(C)(C)O4)ccc32)C1=O. The second-order valence-electron chi connectivity index (χ2n) is 9.07. The van der Waals surface area contributed by atoms with E-state index >= 15 is 0 Å². The summed E-state index contributed by atoms with van der Waals surface area (Å²) < 4.78 is 14.1. The smallest absolute Gasteiger partial charge is 0.399 e. The lowest BCUT2D eigenvalue weighted by Crippen LogP contribution is -2.41. The van der Waals surface area contributed by atoms with Crippen molar-refractivity contribution in [2.45, 2.75) is 52.4 Å². The number of aromatic nitrogens is 2. The van der Waals surface area contributed by atoms with Crippen LogP contribution in [0.15, 0.2) is 60.3 Å². The molecule has 32 heavy (non-hydrogen) atoms. The van der Waals surface area contributed by atoms with E-state index in [0.717, 1.165) is 16.4 Å². The maximum atomic E-state index is 12.7. The van der Waals surface area contributed by atoms with Crippen molar-refractivity contribution in [3.8, 4) is 0 Å². The van der Waals surface area contributed by atoms with Crippen molar-refractivity contribution in [2.24, 2.45) is 0 Å². The van der Waals surface area contributed by atoms with E-state index in [9.17, 15) is 9.59 Å². The summed E-state index contributed by atoms with van der Waals surface area (Å²) in [4.78, 5) is 26.6. The molecule has 7 nitrogen and oxygen atoms in total. The molecule has 0 N–H and O–H groups in total. The Morgan fingerprint density at radius 2 is 1.72 bits per heavy atom. The Morgan fingerprint density at radius 3 is 2.34 bits per heavy atom. The molecule has 4 rings (SSSR count). The van der Waals surface area contributed by atoms with E-state index in [0.29, 0.717) is 17.7 Å². The first-order chi connectivity index (χ1) is 15.1. The van der Waals surface area contributed by atoms with Crippen molar-refractivity contribution in [1.82, 2.24) is 14.7 Å². The van der Waals surface area contributed by atoms with E-state index in [1.165, 1.54) is 11.0 Å². The fourth-order valence-electron chi connectivity index (χ4n) is 3.95. The summed E-state index contributed by atoms with van der Waals surface area (Å²) in [6.45, 7) is 14.2. The number of carbonyl (C=O) groups is 2. The van der Waals surface area contributed by atoms with Crippen LogP contribution in [0.1, 0.15) is 34.6 Å². The number of allylic oxidation sites excluding steroid dienone is 1. The van der Waals surface area contributed by atoms with Crippen LogP contribution in [0.5, 0.6) is 0 Å². The van der Waals surface area contributed by atoms with Gasteiger partial charge in [0, 0.05) is 11.9 Å². The number of imide groups is 1. The molecule has 1 saturated heterocycles. The first kappa shape index (κ1) is 22.2. The average molecular weight is 433 g/mol. The second-order valence-corrected chi connectivity index (χ2v) is 9.07. The Bertz CT molecular complexity index is 1160. The molecule has 8 heteroatoms. The van der Waals surface area contributed by atoms with Crippen molar-refractivity contribution in [2.75, 3.05) is 6.54 Å². The summed E-state index contributed by atoms with van der Waals surface area (Å²) in [7, 11) is -0.443. The number of rotatable bonds is 6. The van der Waals surface area contributed by atoms with Gasteiger partial charge in [-0.25, -0.2) is 0 Å². The molecule has 3 heterocycles. The fraction of sp³-hybridized carbons (Fsp3) is 0.375. The topological polar surface area (TPSA) is 73.7 Å². The predicted molar refractivity (Wildman–Crippen MR) is 124 cm³/mol. The number of hydrogen-bond acceptors (Lipinski definition) is 5.